The lowest BCUT2D eigenvalue weighted by Crippen LogP contribution is -2.27. The molecule has 1 aromatic carbocycles. The third-order valence-electron chi connectivity index (χ3n) is 2.20. The molecule has 0 radical (unpaired) electrons. The Hall–Kier alpha value is -1.00. The van der Waals surface area contributed by atoms with Crippen LogP contribution in [0.15, 0.2) is 24.3 Å². The number of hydrogen-bond donors (Lipinski definition) is 0. The van der Waals surface area contributed by atoms with Crippen molar-refractivity contribution in [3.05, 3.63) is 35.4 Å². The van der Waals surface area contributed by atoms with Crippen molar-refractivity contribution < 1.29 is 0 Å². The molecule has 4 heteroatoms. The van der Waals surface area contributed by atoms with Crippen LogP contribution in [0.1, 0.15) is 11.1 Å². The van der Waals surface area contributed by atoms with Gasteiger partial charge in [-0.15, -0.1) is 0 Å². The minimum absolute atomic E-state index is 0.805. The lowest BCUT2D eigenvalue weighted by molar-refractivity contribution is 0.631. The molecule has 0 aromatic heterocycles. The molecule has 1 rings (SSSR count). The van der Waals surface area contributed by atoms with Crippen LogP contribution in [0.2, 0.25) is 0 Å². The summed E-state index contributed by atoms with van der Waals surface area (Å²) in [6.07, 6.45) is 0. The number of thiocarbonyl (C=S) groups is 2. The molecule has 0 atom stereocenters. The zero-order valence-electron chi connectivity index (χ0n) is 10.0. The number of nitrogens with zero attached hydrogens (tertiary/aromatic N) is 2. The Kier molecular flexibility index (Phi) is 4.38. The normalized spacial score (nSPS) is 9.75. The molecule has 1 aromatic rings. The summed E-state index contributed by atoms with van der Waals surface area (Å²) in [7, 11) is 7.77. The molecular weight excluding hydrogens is 236 g/mol. The summed E-state index contributed by atoms with van der Waals surface area (Å²) in [4.78, 5) is 5.46. The van der Waals surface area contributed by atoms with Crippen molar-refractivity contribution in [2.24, 2.45) is 0 Å². The molecule has 0 aliphatic rings. The SMILES string of the molecule is CN(C)C(=S)c1ccccc1C(=S)N(C)C. The third kappa shape index (κ3) is 2.77. The summed E-state index contributed by atoms with van der Waals surface area (Å²) in [6.45, 7) is 0. The van der Waals surface area contributed by atoms with Crippen LogP contribution < -0.4 is 0 Å². The molecule has 86 valence electrons. The van der Waals surface area contributed by atoms with E-state index in [2.05, 4.69) is 0 Å². The second-order valence-electron chi connectivity index (χ2n) is 3.94. The first kappa shape index (κ1) is 13.1. The van der Waals surface area contributed by atoms with E-state index in [9.17, 15) is 0 Å². The molecule has 0 spiro atoms. The quantitative estimate of drug-likeness (QED) is 0.744. The van der Waals surface area contributed by atoms with Crippen LogP contribution in [-0.4, -0.2) is 48.0 Å². The Balaban J connectivity index is 3.20. The molecule has 0 aliphatic carbocycles. The Morgan fingerprint density at radius 1 is 0.812 bits per heavy atom. The van der Waals surface area contributed by atoms with Crippen molar-refractivity contribution in [1.82, 2.24) is 9.80 Å². The Morgan fingerprint density at radius 2 is 1.12 bits per heavy atom. The van der Waals surface area contributed by atoms with Gasteiger partial charge >= 0.3 is 0 Å². The molecule has 0 unspecified atom stereocenters. The highest BCUT2D eigenvalue weighted by Crippen LogP contribution is 2.14. The fraction of sp³-hybridized carbons (Fsp3) is 0.333. The summed E-state index contributed by atoms with van der Waals surface area (Å²) in [5.41, 5.74) is 2.03. The molecule has 0 fully saturated rings. The van der Waals surface area contributed by atoms with Crippen molar-refractivity contribution in [3.8, 4) is 0 Å². The highest BCUT2D eigenvalue weighted by molar-refractivity contribution is 7.81. The topological polar surface area (TPSA) is 6.48 Å². The van der Waals surface area contributed by atoms with E-state index in [1.54, 1.807) is 0 Å². The third-order valence-corrected chi connectivity index (χ3v) is 3.37. The average Bonchev–Trinajstić information content (AvgIpc) is 2.26. The first-order valence-corrected chi connectivity index (χ1v) is 5.79. The van der Waals surface area contributed by atoms with Gasteiger partial charge in [-0.25, -0.2) is 0 Å². The average molecular weight is 252 g/mol. The van der Waals surface area contributed by atoms with Gasteiger partial charge in [0.1, 0.15) is 9.98 Å². The van der Waals surface area contributed by atoms with Crippen LogP contribution in [0, 0.1) is 0 Å². The van der Waals surface area contributed by atoms with Gasteiger partial charge in [0, 0.05) is 39.3 Å². The van der Waals surface area contributed by atoms with E-state index in [0.29, 0.717) is 0 Å². The Labute approximate surface area is 108 Å². The van der Waals surface area contributed by atoms with E-state index in [1.165, 1.54) is 0 Å². The predicted molar refractivity (Wildman–Crippen MR) is 77.2 cm³/mol. The lowest BCUT2D eigenvalue weighted by Gasteiger charge is -2.20. The fourth-order valence-electron chi connectivity index (χ4n) is 1.34. The molecule has 0 heterocycles. The smallest absolute Gasteiger partial charge is 0.109 e. The Morgan fingerprint density at radius 3 is 1.38 bits per heavy atom. The summed E-state index contributed by atoms with van der Waals surface area (Å²) in [6, 6.07) is 7.97. The van der Waals surface area contributed by atoms with Gasteiger partial charge in [-0.1, -0.05) is 48.7 Å². The predicted octanol–water partition coefficient (Wildman–Crippen LogP) is 2.16. The van der Waals surface area contributed by atoms with Crippen LogP contribution >= 0.6 is 24.4 Å². The van der Waals surface area contributed by atoms with Crippen LogP contribution in [0.3, 0.4) is 0 Å². The Bertz CT molecular complexity index is 372. The zero-order valence-corrected chi connectivity index (χ0v) is 11.7. The van der Waals surface area contributed by atoms with E-state index in [1.807, 2.05) is 62.3 Å². The van der Waals surface area contributed by atoms with E-state index < -0.39 is 0 Å². The second-order valence-corrected chi connectivity index (χ2v) is 4.72. The highest BCUT2D eigenvalue weighted by Gasteiger charge is 2.13. The number of rotatable bonds is 2. The van der Waals surface area contributed by atoms with Gasteiger partial charge in [-0.2, -0.15) is 0 Å². The van der Waals surface area contributed by atoms with Gasteiger partial charge in [0.2, 0.25) is 0 Å². The van der Waals surface area contributed by atoms with Crippen molar-refractivity contribution in [2.45, 2.75) is 0 Å². The molecule has 0 aliphatic heterocycles. The zero-order chi connectivity index (χ0) is 12.3. The largest absolute Gasteiger partial charge is 0.368 e. The van der Waals surface area contributed by atoms with Gasteiger partial charge < -0.3 is 9.80 Å². The van der Waals surface area contributed by atoms with E-state index in [4.69, 9.17) is 24.4 Å². The minimum atomic E-state index is 0.805. The van der Waals surface area contributed by atoms with Crippen LogP contribution in [-0.2, 0) is 0 Å². The summed E-state index contributed by atoms with van der Waals surface area (Å²) < 4.78 is 0. The summed E-state index contributed by atoms with van der Waals surface area (Å²) in [5, 5.41) is 0. The highest BCUT2D eigenvalue weighted by atomic mass is 32.1. The van der Waals surface area contributed by atoms with E-state index >= 15 is 0 Å². The molecule has 0 saturated carbocycles. The van der Waals surface area contributed by atoms with Crippen LogP contribution in [0.4, 0.5) is 0 Å². The minimum Gasteiger partial charge on any atom is -0.368 e. The molecule has 16 heavy (non-hydrogen) atoms. The van der Waals surface area contributed by atoms with Gasteiger partial charge in [-0.05, 0) is 0 Å². The van der Waals surface area contributed by atoms with E-state index in [-0.39, 0.29) is 0 Å². The van der Waals surface area contributed by atoms with Crippen molar-refractivity contribution in [2.75, 3.05) is 28.2 Å². The van der Waals surface area contributed by atoms with Crippen molar-refractivity contribution in [1.29, 1.82) is 0 Å². The van der Waals surface area contributed by atoms with Crippen LogP contribution in [0.25, 0.3) is 0 Å². The molecular formula is C12H16N2S2. The van der Waals surface area contributed by atoms with E-state index in [0.717, 1.165) is 21.1 Å². The van der Waals surface area contributed by atoms with Crippen LogP contribution in [0.5, 0.6) is 0 Å². The molecule has 0 saturated heterocycles. The van der Waals surface area contributed by atoms with Crippen molar-refractivity contribution >= 4 is 34.4 Å². The van der Waals surface area contributed by atoms with Gasteiger partial charge in [0.15, 0.2) is 0 Å². The number of hydrogen-bond acceptors (Lipinski definition) is 2. The maximum Gasteiger partial charge on any atom is 0.109 e. The monoisotopic (exact) mass is 252 g/mol. The standard InChI is InChI=1S/C12H16N2S2/c1-13(2)11(15)9-7-5-6-8-10(9)12(16)14(3)4/h5-8H,1-4H3. The number of benzene rings is 1. The lowest BCUT2D eigenvalue weighted by atomic mass is 10.1. The molecule has 0 amide bonds. The molecule has 0 bridgehead atoms. The molecule has 0 N–H and O–H groups in total. The summed E-state index contributed by atoms with van der Waals surface area (Å²) >= 11 is 10.8. The van der Waals surface area contributed by atoms with Gasteiger partial charge in [0.05, 0.1) is 0 Å². The van der Waals surface area contributed by atoms with Crippen molar-refractivity contribution in [3.63, 3.8) is 0 Å². The first-order valence-electron chi connectivity index (χ1n) is 4.97. The molecule has 2 nitrogen and oxygen atoms in total. The maximum atomic E-state index is 5.39. The summed E-state index contributed by atoms with van der Waals surface area (Å²) in [5.74, 6) is 0. The fourth-order valence-corrected chi connectivity index (χ4v) is 1.69. The second kappa shape index (κ2) is 5.37. The first-order chi connectivity index (χ1) is 7.45. The van der Waals surface area contributed by atoms with Gasteiger partial charge in [0.25, 0.3) is 0 Å². The maximum absolute atomic E-state index is 5.39. The van der Waals surface area contributed by atoms with Gasteiger partial charge in [-0.3, -0.25) is 0 Å².